The van der Waals surface area contributed by atoms with Crippen LogP contribution in [0.3, 0.4) is 0 Å². The zero-order chi connectivity index (χ0) is 44.0. The Morgan fingerprint density at radius 3 is 2.43 bits per heavy atom. The molecule has 60 heavy (non-hydrogen) atoms. The molecule has 4 amide bonds. The van der Waals surface area contributed by atoms with E-state index in [1.165, 1.54) is 19.1 Å². The third kappa shape index (κ3) is 9.12. The molecule has 1 saturated heterocycles. The summed E-state index contributed by atoms with van der Waals surface area (Å²) >= 11 is 0. The van der Waals surface area contributed by atoms with Crippen LogP contribution in [-0.2, 0) is 29.1 Å². The van der Waals surface area contributed by atoms with Crippen molar-refractivity contribution in [2.24, 2.45) is 17.8 Å². The van der Waals surface area contributed by atoms with E-state index >= 15 is 4.79 Å². The molecule has 0 bridgehead atoms. The minimum atomic E-state index is -4.07. The van der Waals surface area contributed by atoms with E-state index in [1.807, 2.05) is 26.0 Å². The maximum absolute atomic E-state index is 15.0. The number of carbonyl (C=O) groups excluding carboxylic acids is 4. The van der Waals surface area contributed by atoms with Crippen molar-refractivity contribution in [3.05, 3.63) is 36.4 Å². The predicted octanol–water partition coefficient (Wildman–Crippen LogP) is 5.40. The summed E-state index contributed by atoms with van der Waals surface area (Å²) in [5.41, 5.74) is -3.36. The van der Waals surface area contributed by atoms with Crippen LogP contribution in [0, 0.1) is 17.8 Å². The van der Waals surface area contributed by atoms with E-state index in [2.05, 4.69) is 20.3 Å². The molecule has 3 fully saturated rings. The predicted molar refractivity (Wildman–Crippen MR) is 217 cm³/mol. The molecule has 2 aromatic rings. The summed E-state index contributed by atoms with van der Waals surface area (Å²) in [4.78, 5) is 62.9. The van der Waals surface area contributed by atoms with Gasteiger partial charge in [0.15, 0.2) is 5.60 Å². The van der Waals surface area contributed by atoms with Crippen molar-refractivity contribution in [1.82, 2.24) is 25.2 Å². The molecule has 1 aromatic carbocycles. The standard InChI is InChI=1S/C42H57F2N5O10S/c1-9-25-18-24(2)12-10-11-13-26-22-42(26,37(52)48-60(54,55)40(5)16-17-40)47-35(50)31-20-28(58-32-21-33(57-8)45-30-19-27(56-7)14-15-29(30)32)23-49(31)36(51)34(25)46-38(53)59-39(3,4)41(6,43)44/h11,13-15,19,21,24-26,28,31,34H,9-10,12,16-18,20,22-23H2,1-8H3,(H,46,53)(H,47,50)(H,48,52)/b13-11-/t24-,25-,26-,28-,31+,34+,42-/m1/s1. The molecule has 330 valence electrons. The van der Waals surface area contributed by atoms with Gasteiger partial charge in [0.1, 0.15) is 35.2 Å². The molecule has 6 rings (SSSR count). The Kier molecular flexibility index (Phi) is 12.4. The van der Waals surface area contributed by atoms with Gasteiger partial charge in [0.25, 0.3) is 11.8 Å². The highest BCUT2D eigenvalue weighted by Crippen LogP contribution is 2.48. The van der Waals surface area contributed by atoms with E-state index in [1.54, 1.807) is 31.2 Å². The maximum atomic E-state index is 15.0. The summed E-state index contributed by atoms with van der Waals surface area (Å²) in [5.74, 6) is -5.61. The van der Waals surface area contributed by atoms with Crippen LogP contribution in [0.1, 0.15) is 92.9 Å². The van der Waals surface area contributed by atoms with Crippen molar-refractivity contribution < 1.29 is 55.3 Å². The van der Waals surface area contributed by atoms with Crippen molar-refractivity contribution in [2.45, 2.75) is 133 Å². The maximum Gasteiger partial charge on any atom is 0.408 e. The number of halogens is 2. The lowest BCUT2D eigenvalue weighted by molar-refractivity contribution is -0.152. The van der Waals surface area contributed by atoms with Gasteiger partial charge in [0.05, 0.1) is 31.0 Å². The van der Waals surface area contributed by atoms with Gasteiger partial charge >= 0.3 is 6.09 Å². The van der Waals surface area contributed by atoms with Crippen LogP contribution in [0.4, 0.5) is 13.6 Å². The van der Waals surface area contributed by atoms with Gasteiger partial charge in [-0.05, 0) is 83.3 Å². The number of aromatic nitrogens is 1. The first-order valence-corrected chi connectivity index (χ1v) is 22.0. The Hall–Kier alpha value is -4.74. The molecule has 0 spiro atoms. The number of rotatable bonds is 11. The Morgan fingerprint density at radius 1 is 1.08 bits per heavy atom. The van der Waals surface area contributed by atoms with E-state index in [0.29, 0.717) is 67.9 Å². The molecule has 15 nitrogen and oxygen atoms in total. The van der Waals surface area contributed by atoms with Crippen molar-refractivity contribution >= 4 is 44.7 Å². The number of allylic oxidation sites excluding steroid dienone is 1. The van der Waals surface area contributed by atoms with Gasteiger partial charge in [0.2, 0.25) is 27.7 Å². The lowest BCUT2D eigenvalue weighted by Crippen LogP contribution is -2.60. The van der Waals surface area contributed by atoms with E-state index in [9.17, 15) is 31.6 Å². The molecular weight excluding hydrogens is 805 g/mol. The largest absolute Gasteiger partial charge is 0.497 e. The molecule has 1 aromatic heterocycles. The fourth-order valence-electron chi connectivity index (χ4n) is 7.95. The van der Waals surface area contributed by atoms with Crippen LogP contribution < -0.4 is 29.6 Å². The van der Waals surface area contributed by atoms with Crippen molar-refractivity contribution in [1.29, 1.82) is 0 Å². The number of benzene rings is 1. The van der Waals surface area contributed by atoms with Crippen LogP contribution >= 0.6 is 0 Å². The second-order valence-corrected chi connectivity index (χ2v) is 19.8. The summed E-state index contributed by atoms with van der Waals surface area (Å²) in [6, 6.07) is 4.17. The highest BCUT2D eigenvalue weighted by Gasteiger charge is 2.63. The molecule has 2 aliphatic heterocycles. The summed E-state index contributed by atoms with van der Waals surface area (Å²) in [5, 5.41) is 6.04. The zero-order valence-electron chi connectivity index (χ0n) is 35.4. The average Bonchev–Trinajstić information content (AvgIpc) is 4.06. The number of hydrogen-bond donors (Lipinski definition) is 3. The van der Waals surface area contributed by atoms with Crippen molar-refractivity contribution in [3.63, 3.8) is 0 Å². The fourth-order valence-corrected chi connectivity index (χ4v) is 9.27. The summed E-state index contributed by atoms with van der Waals surface area (Å²) < 4.78 is 79.2. The number of alkyl carbamates (subject to hydrolysis) is 1. The minimum Gasteiger partial charge on any atom is -0.497 e. The summed E-state index contributed by atoms with van der Waals surface area (Å²) in [6.45, 7) is 8.02. The fraction of sp³-hybridized carbons (Fsp3) is 0.643. The molecule has 0 radical (unpaired) electrons. The number of hydrogen-bond acceptors (Lipinski definition) is 11. The normalized spacial score (nSPS) is 28.8. The van der Waals surface area contributed by atoms with E-state index < -0.39 is 85.7 Å². The zero-order valence-corrected chi connectivity index (χ0v) is 36.2. The number of sulfonamides is 1. The number of pyridine rings is 1. The highest BCUT2D eigenvalue weighted by atomic mass is 32.2. The highest BCUT2D eigenvalue weighted by molar-refractivity contribution is 7.91. The molecule has 4 aliphatic rings. The first-order valence-electron chi connectivity index (χ1n) is 20.5. The summed E-state index contributed by atoms with van der Waals surface area (Å²) in [7, 11) is -1.10. The minimum absolute atomic E-state index is 0.0183. The van der Waals surface area contributed by atoms with Gasteiger partial charge < -0.3 is 34.5 Å². The Balaban J connectivity index is 1.39. The molecule has 3 N–H and O–H groups in total. The topological polar surface area (TPSA) is 192 Å². The quantitative estimate of drug-likeness (QED) is 0.245. The number of nitrogens with zero attached hydrogens (tertiary/aromatic N) is 2. The van der Waals surface area contributed by atoms with Crippen molar-refractivity contribution in [2.75, 3.05) is 20.8 Å². The SMILES string of the molecule is CC[C@@H]1C[C@H](C)CC/C=C\[C@@H]2C[C@@]2(C(=O)NS(=O)(=O)C2(C)CC2)NC(=O)[C@@H]2C[C@@H](Oc3cc(OC)nc4cc(OC)ccc34)CN2C(=O)[C@H]1NC(=O)OC(C)(C)C(C)(F)F. The average molecular weight is 862 g/mol. The smallest absolute Gasteiger partial charge is 0.408 e. The van der Waals surface area contributed by atoms with Crippen LogP contribution in [0.2, 0.25) is 0 Å². The van der Waals surface area contributed by atoms with Gasteiger partial charge in [-0.1, -0.05) is 32.4 Å². The van der Waals surface area contributed by atoms with Gasteiger partial charge in [-0.2, -0.15) is 0 Å². The number of amides is 4. The molecule has 3 heterocycles. The molecule has 7 atom stereocenters. The molecule has 0 unspecified atom stereocenters. The second kappa shape index (κ2) is 16.6. The third-order valence-corrected chi connectivity index (χ3v) is 14.9. The van der Waals surface area contributed by atoms with E-state index in [0.717, 1.165) is 13.8 Å². The Bertz CT molecular complexity index is 2140. The molecule has 2 aliphatic carbocycles. The van der Waals surface area contributed by atoms with Crippen LogP contribution in [-0.4, -0.2) is 103 Å². The number of alkyl halides is 2. The van der Waals surface area contributed by atoms with Crippen molar-refractivity contribution in [3.8, 4) is 17.4 Å². The number of fused-ring (bicyclic) bond motifs is 3. The molecular formula is C42H57F2N5O10S. The van der Waals surface area contributed by atoms with Crippen LogP contribution in [0.15, 0.2) is 36.4 Å². The second-order valence-electron chi connectivity index (χ2n) is 17.6. The van der Waals surface area contributed by atoms with Gasteiger partial charge in [0, 0.05) is 36.8 Å². The van der Waals surface area contributed by atoms with E-state index in [4.69, 9.17) is 18.9 Å². The Morgan fingerprint density at radius 2 is 1.80 bits per heavy atom. The lowest BCUT2D eigenvalue weighted by Gasteiger charge is -2.35. The summed E-state index contributed by atoms with van der Waals surface area (Å²) in [6.07, 6.45) is 4.60. The van der Waals surface area contributed by atoms with Gasteiger partial charge in [-0.3, -0.25) is 19.1 Å². The lowest BCUT2D eigenvalue weighted by atomic mass is 9.85. The number of nitrogens with one attached hydrogen (secondary N) is 3. The Labute approximate surface area is 349 Å². The first-order chi connectivity index (χ1) is 28.1. The van der Waals surface area contributed by atoms with Crippen LogP contribution in [0.5, 0.6) is 17.4 Å². The van der Waals surface area contributed by atoms with Gasteiger partial charge in [-0.25, -0.2) is 27.0 Å². The monoisotopic (exact) mass is 861 g/mol. The number of ether oxygens (including phenoxy) is 4. The van der Waals surface area contributed by atoms with Gasteiger partial charge in [-0.15, -0.1) is 0 Å². The third-order valence-electron chi connectivity index (χ3n) is 12.7. The van der Waals surface area contributed by atoms with E-state index in [-0.39, 0.29) is 31.2 Å². The van der Waals surface area contributed by atoms with Crippen LogP contribution in [0.25, 0.3) is 10.9 Å². The molecule has 18 heteroatoms. The molecule has 2 saturated carbocycles. The number of methoxy groups -OCH3 is 2. The first kappa shape index (κ1) is 44.8. The number of carbonyl (C=O) groups is 4.